The van der Waals surface area contributed by atoms with Crippen LogP contribution in [0.2, 0.25) is 0 Å². The van der Waals surface area contributed by atoms with E-state index in [9.17, 15) is 12.8 Å². The second kappa shape index (κ2) is 8.69. The molecule has 0 atom stereocenters. The first-order chi connectivity index (χ1) is 15.1. The van der Waals surface area contributed by atoms with Gasteiger partial charge in [0.25, 0.3) is 10.0 Å². The van der Waals surface area contributed by atoms with Gasteiger partial charge in [0.15, 0.2) is 15.7 Å². The molecule has 0 aliphatic rings. The summed E-state index contributed by atoms with van der Waals surface area (Å²) in [6.07, 6.45) is 1.60. The summed E-state index contributed by atoms with van der Waals surface area (Å²) in [6.45, 7) is 0. The van der Waals surface area contributed by atoms with Crippen molar-refractivity contribution in [3.8, 4) is 11.3 Å². The Morgan fingerprint density at radius 1 is 0.939 bits per heavy atom. The molecule has 16 heteroatoms. The lowest BCUT2D eigenvalue weighted by molar-refractivity contribution is 0.588. The fraction of sp³-hybridized carbons (Fsp3) is 0.118. The number of benzene rings is 1. The Balaban J connectivity index is 2.35. The molecule has 0 spiro atoms. The standard InChI is InChI=1S/C17H25B9FN3O2S/c18-11-12(19)14(20)28-15(21)13(11)33(31,32)30-6-7(16(22,23)29-17(24,25)26)5-10(30)8-3-1-2-4-9(8)27/h1-6,29H,18-26H2. The molecule has 0 aliphatic heterocycles. The minimum absolute atomic E-state index is 0.159. The molecule has 2 aromatic heterocycles. The SMILES string of the molecule is Bc1nc(B)c(S(=O)(=O)n2cc(C(B)(B)NC(B)(B)B)cc2-c2ccccc2F)c(B)c1B. The first-order valence-electron chi connectivity index (χ1n) is 11.0. The van der Waals surface area contributed by atoms with E-state index in [1.165, 1.54) is 10.0 Å². The van der Waals surface area contributed by atoms with Crippen LogP contribution in [0.15, 0.2) is 41.4 Å². The van der Waals surface area contributed by atoms with Crippen molar-refractivity contribution in [2.45, 2.75) is 15.5 Å². The van der Waals surface area contributed by atoms with Gasteiger partial charge in [0, 0.05) is 17.4 Å². The smallest absolute Gasteiger partial charge is 0.268 e. The van der Waals surface area contributed by atoms with Crippen LogP contribution in [0.3, 0.4) is 0 Å². The van der Waals surface area contributed by atoms with Crippen LogP contribution < -0.4 is 27.4 Å². The maximum absolute atomic E-state index is 14.9. The highest BCUT2D eigenvalue weighted by atomic mass is 32.2. The van der Waals surface area contributed by atoms with Gasteiger partial charge in [0.1, 0.15) is 60.7 Å². The summed E-state index contributed by atoms with van der Waals surface area (Å²) in [5, 5.41) is 2.76. The summed E-state index contributed by atoms with van der Waals surface area (Å²) in [7, 11) is 13.3. The summed E-state index contributed by atoms with van der Waals surface area (Å²) < 4.78 is 44.2. The van der Waals surface area contributed by atoms with E-state index < -0.39 is 21.2 Å². The van der Waals surface area contributed by atoms with Crippen molar-refractivity contribution in [1.82, 2.24) is 14.3 Å². The predicted molar refractivity (Wildman–Crippen MR) is 160 cm³/mol. The molecule has 2 heterocycles. The van der Waals surface area contributed by atoms with Gasteiger partial charge in [-0.15, -0.1) is 0 Å². The molecule has 5 nitrogen and oxygen atoms in total. The zero-order chi connectivity index (χ0) is 24.9. The zero-order valence-electron chi connectivity index (χ0n) is 21.0. The summed E-state index contributed by atoms with van der Waals surface area (Å²) in [6, 6.07) is 7.99. The summed E-state index contributed by atoms with van der Waals surface area (Å²) >= 11 is 0. The minimum Gasteiger partial charge on any atom is -0.339 e. The van der Waals surface area contributed by atoms with E-state index in [1.54, 1.807) is 46.2 Å². The van der Waals surface area contributed by atoms with Gasteiger partial charge in [-0.1, -0.05) is 28.3 Å². The molecule has 0 fully saturated rings. The van der Waals surface area contributed by atoms with Crippen LogP contribution >= 0.6 is 0 Å². The van der Waals surface area contributed by atoms with E-state index in [-0.39, 0.29) is 21.4 Å². The van der Waals surface area contributed by atoms with Gasteiger partial charge < -0.3 is 5.32 Å². The van der Waals surface area contributed by atoms with E-state index >= 15 is 0 Å². The maximum Gasteiger partial charge on any atom is 0.268 e. The van der Waals surface area contributed by atoms with E-state index in [4.69, 9.17) is 0 Å². The molecular formula is C17H25B9FN3O2S. The Morgan fingerprint density at radius 3 is 2.12 bits per heavy atom. The molecule has 0 unspecified atom stereocenters. The number of halogens is 1. The number of nitrogens with one attached hydrogen (secondary N) is 1. The summed E-state index contributed by atoms with van der Waals surface area (Å²) in [5.74, 6) is -0.480. The van der Waals surface area contributed by atoms with Crippen molar-refractivity contribution in [1.29, 1.82) is 0 Å². The molecule has 3 aromatic rings. The largest absolute Gasteiger partial charge is 0.339 e. The summed E-state index contributed by atoms with van der Waals surface area (Å²) in [5.41, 5.74) is 3.95. The topological polar surface area (TPSA) is 64.0 Å². The highest BCUT2D eigenvalue weighted by molar-refractivity contribution is 7.90. The van der Waals surface area contributed by atoms with Crippen molar-refractivity contribution in [2.75, 3.05) is 0 Å². The number of nitrogens with zero attached hydrogens (tertiary/aromatic N) is 2. The average Bonchev–Trinajstić information content (AvgIpc) is 3.11. The predicted octanol–water partition coefficient (Wildman–Crippen LogP) is -9.56. The van der Waals surface area contributed by atoms with Crippen LogP contribution in [-0.2, 0) is 15.4 Å². The quantitative estimate of drug-likeness (QED) is 0.378. The van der Waals surface area contributed by atoms with Gasteiger partial charge in [0.05, 0.1) is 10.6 Å². The molecule has 0 aliphatic carbocycles. The number of pyridine rings is 1. The Morgan fingerprint density at radius 2 is 1.55 bits per heavy atom. The second-order valence-corrected chi connectivity index (χ2v) is 12.0. The van der Waals surface area contributed by atoms with Crippen LogP contribution in [0.4, 0.5) is 4.39 Å². The highest BCUT2D eigenvalue weighted by Gasteiger charge is 2.32. The molecule has 0 amide bonds. The molecule has 0 saturated carbocycles. The van der Waals surface area contributed by atoms with Crippen LogP contribution in [0.1, 0.15) is 5.56 Å². The first-order valence-corrected chi connectivity index (χ1v) is 12.5. The molecule has 3 rings (SSSR count). The van der Waals surface area contributed by atoms with Crippen molar-refractivity contribution >= 4 is 103 Å². The Bertz CT molecular complexity index is 1340. The highest BCUT2D eigenvalue weighted by Crippen LogP contribution is 2.31. The third-order valence-electron chi connectivity index (χ3n) is 5.97. The molecule has 160 valence electrons. The van der Waals surface area contributed by atoms with Gasteiger partial charge in [-0.25, -0.2) is 16.8 Å². The van der Waals surface area contributed by atoms with Crippen LogP contribution in [0, 0.1) is 5.82 Å². The number of hydrogen-bond donors (Lipinski definition) is 1. The lowest BCUT2D eigenvalue weighted by Gasteiger charge is -2.35. The fourth-order valence-electron chi connectivity index (χ4n) is 4.44. The van der Waals surface area contributed by atoms with Crippen LogP contribution in [0.25, 0.3) is 11.3 Å². The molecule has 0 bridgehead atoms. The maximum atomic E-state index is 14.9. The van der Waals surface area contributed by atoms with E-state index in [1.807, 2.05) is 54.9 Å². The van der Waals surface area contributed by atoms with Crippen molar-refractivity contribution < 1.29 is 12.8 Å². The monoisotopic (exact) mass is 453 g/mol. The first kappa shape index (κ1) is 25.7. The van der Waals surface area contributed by atoms with E-state index in [2.05, 4.69) is 10.3 Å². The number of aromatic nitrogens is 2. The Labute approximate surface area is 204 Å². The van der Waals surface area contributed by atoms with Gasteiger partial charge in [-0.3, -0.25) is 4.98 Å². The molecule has 1 aromatic carbocycles. The minimum atomic E-state index is -4.06. The third-order valence-corrected chi connectivity index (χ3v) is 7.91. The number of hydrogen-bond acceptors (Lipinski definition) is 4. The Kier molecular flexibility index (Phi) is 6.77. The molecule has 0 radical (unpaired) electrons. The summed E-state index contributed by atoms with van der Waals surface area (Å²) in [4.78, 5) is 4.63. The lowest BCUT2D eigenvalue weighted by atomic mass is 9.45. The van der Waals surface area contributed by atoms with Crippen molar-refractivity contribution in [3.05, 3.63) is 47.9 Å². The fourth-order valence-corrected chi connectivity index (χ4v) is 6.26. The zero-order valence-corrected chi connectivity index (χ0v) is 21.8. The Hall–Kier alpha value is -1.93. The average molecular weight is 452 g/mol. The van der Waals surface area contributed by atoms with Gasteiger partial charge >= 0.3 is 0 Å². The van der Waals surface area contributed by atoms with Crippen molar-refractivity contribution in [3.63, 3.8) is 0 Å². The normalized spacial score (nSPS) is 12.6. The van der Waals surface area contributed by atoms with Gasteiger partial charge in [-0.2, -0.15) is 0 Å². The molecule has 0 saturated heterocycles. The molecule has 1 N–H and O–H groups in total. The second-order valence-electron chi connectivity index (χ2n) is 10.3. The van der Waals surface area contributed by atoms with E-state index in [0.717, 1.165) is 16.6 Å². The molecular weight excluding hydrogens is 427 g/mol. The molecule has 33 heavy (non-hydrogen) atoms. The number of rotatable bonds is 6. The van der Waals surface area contributed by atoms with E-state index in [0.29, 0.717) is 11.1 Å². The van der Waals surface area contributed by atoms with Crippen LogP contribution in [0.5, 0.6) is 0 Å². The van der Waals surface area contributed by atoms with Crippen molar-refractivity contribution in [2.24, 2.45) is 0 Å². The lowest BCUT2D eigenvalue weighted by Crippen LogP contribution is -2.58. The van der Waals surface area contributed by atoms with Gasteiger partial charge in [-0.05, 0) is 34.7 Å². The third kappa shape index (κ3) is 4.97. The van der Waals surface area contributed by atoms with Gasteiger partial charge in [0.2, 0.25) is 0 Å². The van der Waals surface area contributed by atoms with Crippen LogP contribution in [-0.4, -0.2) is 93.2 Å².